The van der Waals surface area contributed by atoms with Gasteiger partial charge in [0, 0.05) is 11.3 Å². The third-order valence-corrected chi connectivity index (χ3v) is 4.56. The van der Waals surface area contributed by atoms with Gasteiger partial charge in [-0.1, -0.05) is 12.8 Å². The second-order valence-corrected chi connectivity index (χ2v) is 6.02. The number of nitrogens with zero attached hydrogens (tertiary/aromatic N) is 1. The number of carbonyl (C=O) groups is 2. The fourth-order valence-electron chi connectivity index (χ4n) is 2.46. The topological polar surface area (TPSA) is 69.6 Å². The molecule has 0 unspecified atom stereocenters. The number of nitrogens with one attached hydrogen (secondary N) is 1. The van der Waals surface area contributed by atoms with Crippen molar-refractivity contribution in [1.82, 2.24) is 10.2 Å². The standard InChI is InChI=1S/C11H18N2O3S/c1-11(4-2-3-5-11)12-10(16)13-7-17-6-8(13)9(14)15/h8H,2-7H2,1H3,(H,12,16)(H,14,15)/t8-/m0/s1. The van der Waals surface area contributed by atoms with Crippen molar-refractivity contribution in [3.63, 3.8) is 0 Å². The number of carboxylic acid groups (broad SMARTS) is 1. The van der Waals surface area contributed by atoms with Crippen LogP contribution in [0.4, 0.5) is 4.79 Å². The van der Waals surface area contributed by atoms with Gasteiger partial charge in [0.25, 0.3) is 0 Å². The summed E-state index contributed by atoms with van der Waals surface area (Å²) in [5, 5.41) is 12.0. The van der Waals surface area contributed by atoms with E-state index >= 15 is 0 Å². The first-order valence-corrected chi connectivity index (χ1v) is 7.07. The first kappa shape index (κ1) is 12.5. The first-order chi connectivity index (χ1) is 8.02. The quantitative estimate of drug-likeness (QED) is 0.787. The smallest absolute Gasteiger partial charge is 0.327 e. The van der Waals surface area contributed by atoms with Crippen molar-refractivity contribution < 1.29 is 14.7 Å². The van der Waals surface area contributed by atoms with E-state index in [-0.39, 0.29) is 11.6 Å². The molecule has 2 rings (SSSR count). The fourth-order valence-corrected chi connectivity index (χ4v) is 3.60. The summed E-state index contributed by atoms with van der Waals surface area (Å²) < 4.78 is 0. The number of urea groups is 1. The summed E-state index contributed by atoms with van der Waals surface area (Å²) in [6, 6.07) is -0.906. The number of carbonyl (C=O) groups excluding carboxylic acids is 1. The third kappa shape index (κ3) is 2.68. The lowest BCUT2D eigenvalue weighted by Crippen LogP contribution is -2.53. The summed E-state index contributed by atoms with van der Waals surface area (Å²) in [5.74, 6) is 0.0416. The van der Waals surface area contributed by atoms with Crippen LogP contribution in [0, 0.1) is 0 Å². The minimum atomic E-state index is -0.915. The van der Waals surface area contributed by atoms with Gasteiger partial charge >= 0.3 is 12.0 Å². The predicted octanol–water partition coefficient (Wildman–Crippen LogP) is 1.49. The Morgan fingerprint density at radius 3 is 2.65 bits per heavy atom. The summed E-state index contributed by atoms with van der Waals surface area (Å²) in [7, 11) is 0. The van der Waals surface area contributed by atoms with Crippen LogP contribution < -0.4 is 5.32 Å². The van der Waals surface area contributed by atoms with E-state index in [0.29, 0.717) is 11.6 Å². The molecule has 1 aliphatic heterocycles. The average molecular weight is 258 g/mol. The van der Waals surface area contributed by atoms with Gasteiger partial charge in [0.15, 0.2) is 0 Å². The number of aliphatic carboxylic acids is 1. The fraction of sp³-hybridized carbons (Fsp3) is 0.818. The summed E-state index contributed by atoms with van der Waals surface area (Å²) in [4.78, 5) is 24.5. The van der Waals surface area contributed by atoms with Crippen LogP contribution >= 0.6 is 11.8 Å². The van der Waals surface area contributed by atoms with E-state index < -0.39 is 12.0 Å². The highest BCUT2D eigenvalue weighted by Crippen LogP contribution is 2.30. The molecule has 17 heavy (non-hydrogen) atoms. The highest BCUT2D eigenvalue weighted by molar-refractivity contribution is 7.99. The van der Waals surface area contributed by atoms with Gasteiger partial charge in [-0.25, -0.2) is 9.59 Å². The van der Waals surface area contributed by atoms with E-state index in [9.17, 15) is 9.59 Å². The molecular weight excluding hydrogens is 240 g/mol. The number of amides is 2. The Kier molecular flexibility index (Phi) is 3.51. The Morgan fingerprint density at radius 2 is 2.06 bits per heavy atom. The van der Waals surface area contributed by atoms with Gasteiger partial charge in [0.2, 0.25) is 0 Å². The molecule has 0 spiro atoms. The lowest BCUT2D eigenvalue weighted by atomic mass is 10.0. The summed E-state index contributed by atoms with van der Waals surface area (Å²) in [6.07, 6.45) is 4.23. The van der Waals surface area contributed by atoms with E-state index in [1.807, 2.05) is 6.92 Å². The second kappa shape index (κ2) is 4.76. The molecule has 0 aromatic heterocycles. The van der Waals surface area contributed by atoms with Crippen LogP contribution in [0.25, 0.3) is 0 Å². The van der Waals surface area contributed by atoms with E-state index in [0.717, 1.165) is 25.7 Å². The molecule has 2 amide bonds. The van der Waals surface area contributed by atoms with Crippen LogP contribution in [0.3, 0.4) is 0 Å². The van der Waals surface area contributed by atoms with Gasteiger partial charge in [-0.3, -0.25) is 0 Å². The van der Waals surface area contributed by atoms with Crippen molar-refractivity contribution in [3.05, 3.63) is 0 Å². The van der Waals surface area contributed by atoms with E-state index in [2.05, 4.69) is 5.32 Å². The number of hydrogen-bond donors (Lipinski definition) is 2. The molecule has 6 heteroatoms. The molecule has 2 N–H and O–H groups in total. The van der Waals surface area contributed by atoms with Gasteiger partial charge in [-0.05, 0) is 19.8 Å². The molecular formula is C11H18N2O3S. The summed E-state index contributed by atoms with van der Waals surface area (Å²) in [6.45, 7) is 2.04. The Balaban J connectivity index is 1.97. The van der Waals surface area contributed by atoms with E-state index in [1.165, 1.54) is 16.7 Å². The van der Waals surface area contributed by atoms with Crippen molar-refractivity contribution in [3.8, 4) is 0 Å². The lowest BCUT2D eigenvalue weighted by Gasteiger charge is -2.30. The highest BCUT2D eigenvalue weighted by Gasteiger charge is 2.38. The van der Waals surface area contributed by atoms with Crippen LogP contribution in [0.1, 0.15) is 32.6 Å². The molecule has 2 fully saturated rings. The maximum absolute atomic E-state index is 12.1. The Bertz CT molecular complexity index is 329. The molecule has 0 bridgehead atoms. The molecule has 1 heterocycles. The van der Waals surface area contributed by atoms with Crippen LogP contribution in [-0.4, -0.2) is 45.2 Å². The SMILES string of the molecule is CC1(NC(=O)N2CSC[C@H]2C(=O)O)CCCC1. The van der Waals surface area contributed by atoms with Crippen LogP contribution in [0.15, 0.2) is 0 Å². The highest BCUT2D eigenvalue weighted by atomic mass is 32.2. The second-order valence-electron chi connectivity index (χ2n) is 5.02. The van der Waals surface area contributed by atoms with Crippen molar-refractivity contribution in [1.29, 1.82) is 0 Å². The average Bonchev–Trinajstić information content (AvgIpc) is 2.85. The summed E-state index contributed by atoms with van der Waals surface area (Å²) >= 11 is 1.49. The van der Waals surface area contributed by atoms with Crippen LogP contribution in [-0.2, 0) is 4.79 Å². The van der Waals surface area contributed by atoms with Gasteiger partial charge < -0.3 is 15.3 Å². The predicted molar refractivity (Wildman–Crippen MR) is 66.0 cm³/mol. The maximum atomic E-state index is 12.1. The van der Waals surface area contributed by atoms with E-state index in [1.54, 1.807) is 0 Å². The maximum Gasteiger partial charge on any atom is 0.327 e. The minimum Gasteiger partial charge on any atom is -0.480 e. The zero-order valence-corrected chi connectivity index (χ0v) is 10.8. The zero-order valence-electron chi connectivity index (χ0n) is 9.94. The molecule has 2 aliphatic rings. The van der Waals surface area contributed by atoms with E-state index in [4.69, 9.17) is 5.11 Å². The number of rotatable bonds is 2. The number of carboxylic acids is 1. The first-order valence-electron chi connectivity index (χ1n) is 5.91. The molecule has 0 aromatic carbocycles. The molecule has 0 radical (unpaired) electrons. The normalized spacial score (nSPS) is 27.1. The zero-order chi connectivity index (χ0) is 12.5. The Labute approximate surface area is 105 Å². The molecule has 0 aromatic rings. The minimum absolute atomic E-state index is 0.145. The van der Waals surface area contributed by atoms with Gasteiger partial charge in [-0.2, -0.15) is 0 Å². The largest absolute Gasteiger partial charge is 0.480 e. The molecule has 1 saturated heterocycles. The summed E-state index contributed by atoms with van der Waals surface area (Å²) in [5.41, 5.74) is -0.145. The Morgan fingerprint density at radius 1 is 1.41 bits per heavy atom. The van der Waals surface area contributed by atoms with Crippen LogP contribution in [0.2, 0.25) is 0 Å². The lowest BCUT2D eigenvalue weighted by molar-refractivity contribution is -0.140. The van der Waals surface area contributed by atoms with Crippen molar-refractivity contribution in [2.45, 2.75) is 44.2 Å². The van der Waals surface area contributed by atoms with Gasteiger partial charge in [0.1, 0.15) is 6.04 Å². The molecule has 1 saturated carbocycles. The van der Waals surface area contributed by atoms with Gasteiger partial charge in [0.05, 0.1) is 5.88 Å². The Hall–Kier alpha value is -0.910. The van der Waals surface area contributed by atoms with Crippen LogP contribution in [0.5, 0.6) is 0 Å². The number of thioether (sulfide) groups is 1. The number of hydrogen-bond acceptors (Lipinski definition) is 3. The molecule has 1 aliphatic carbocycles. The molecule has 96 valence electrons. The molecule has 5 nitrogen and oxygen atoms in total. The molecule has 1 atom stereocenters. The van der Waals surface area contributed by atoms with Crippen molar-refractivity contribution >= 4 is 23.8 Å². The third-order valence-electron chi connectivity index (χ3n) is 3.54. The van der Waals surface area contributed by atoms with Crippen molar-refractivity contribution in [2.75, 3.05) is 11.6 Å². The van der Waals surface area contributed by atoms with Gasteiger partial charge in [-0.15, -0.1) is 11.8 Å². The van der Waals surface area contributed by atoms with Crippen molar-refractivity contribution in [2.24, 2.45) is 0 Å². The monoisotopic (exact) mass is 258 g/mol.